The van der Waals surface area contributed by atoms with Crippen molar-refractivity contribution >= 4 is 17.6 Å². The molecule has 0 aliphatic rings. The van der Waals surface area contributed by atoms with Gasteiger partial charge in [-0.05, 0) is 12.1 Å². The van der Waals surface area contributed by atoms with Gasteiger partial charge in [0.05, 0.1) is 13.0 Å². The lowest BCUT2D eigenvalue weighted by atomic mass is 10.2. The van der Waals surface area contributed by atoms with Crippen LogP contribution in [0.25, 0.3) is 0 Å². The summed E-state index contributed by atoms with van der Waals surface area (Å²) in [5.74, 6) is -1.87. The fourth-order valence-corrected chi connectivity index (χ4v) is 1.60. The van der Waals surface area contributed by atoms with E-state index in [2.05, 4.69) is 0 Å². The third-order valence-corrected chi connectivity index (χ3v) is 2.54. The van der Waals surface area contributed by atoms with E-state index in [0.717, 1.165) is 0 Å². The van der Waals surface area contributed by atoms with Gasteiger partial charge in [0.15, 0.2) is 0 Å². The van der Waals surface area contributed by atoms with E-state index in [4.69, 9.17) is 5.11 Å². The fraction of sp³-hybridized carbons (Fsp3) is 0.385. The molecule has 0 spiro atoms. The molecule has 116 valence electrons. The van der Waals surface area contributed by atoms with Crippen molar-refractivity contribution in [1.82, 2.24) is 5.32 Å². The molecule has 1 amide bonds. The number of benzene rings is 1. The Morgan fingerprint density at radius 1 is 1.19 bits per heavy atom. The predicted molar refractivity (Wildman–Crippen MR) is 70.0 cm³/mol. The molecule has 0 unspecified atom stereocenters. The molecule has 1 rings (SSSR count). The molecular formula is C13H15F3N2O3. The maximum atomic E-state index is 12.0. The van der Waals surface area contributed by atoms with Crippen LogP contribution in [0, 0.1) is 0 Å². The van der Waals surface area contributed by atoms with Gasteiger partial charge >= 0.3 is 12.1 Å². The number of carbonyl (C=O) groups is 2. The molecule has 0 radical (unpaired) electrons. The summed E-state index contributed by atoms with van der Waals surface area (Å²) in [4.78, 5) is 23.5. The van der Waals surface area contributed by atoms with Crippen molar-refractivity contribution in [3.05, 3.63) is 30.3 Å². The summed E-state index contributed by atoms with van der Waals surface area (Å²) in [5.41, 5.74) is 0.570. The average Bonchev–Trinajstić information content (AvgIpc) is 2.41. The monoisotopic (exact) mass is 304 g/mol. The van der Waals surface area contributed by atoms with E-state index in [1.807, 2.05) is 0 Å². The Morgan fingerprint density at radius 3 is 2.33 bits per heavy atom. The minimum Gasteiger partial charge on any atom is -0.481 e. The molecule has 0 aliphatic carbocycles. The first-order valence-electron chi connectivity index (χ1n) is 6.13. The molecule has 1 aromatic carbocycles. The van der Waals surface area contributed by atoms with E-state index in [9.17, 15) is 22.8 Å². The standard InChI is InChI=1S/C13H15F3N2O3/c14-13(15,16)9-17-11(19)8-18(7-6-12(20)21)10-4-2-1-3-5-10/h1-5H,6-9H2,(H,17,19)(H,20,21). The molecule has 1 aromatic rings. The molecule has 0 aliphatic heterocycles. The molecule has 0 saturated carbocycles. The number of nitrogens with one attached hydrogen (secondary N) is 1. The van der Waals surface area contributed by atoms with Crippen LogP contribution in [0.5, 0.6) is 0 Å². The smallest absolute Gasteiger partial charge is 0.405 e. The summed E-state index contributed by atoms with van der Waals surface area (Å²) in [6.45, 7) is -1.72. The number of nitrogens with zero attached hydrogens (tertiary/aromatic N) is 1. The Kier molecular flexibility index (Phi) is 6.01. The number of carbonyl (C=O) groups excluding carboxylic acids is 1. The molecule has 0 heterocycles. The summed E-state index contributed by atoms with van der Waals surface area (Å²) >= 11 is 0. The zero-order chi connectivity index (χ0) is 15.9. The summed E-state index contributed by atoms with van der Waals surface area (Å²) in [6.07, 6.45) is -4.70. The minimum absolute atomic E-state index is 0.0266. The maximum Gasteiger partial charge on any atom is 0.405 e. The highest BCUT2D eigenvalue weighted by Gasteiger charge is 2.28. The van der Waals surface area contributed by atoms with Crippen LogP contribution in [0.15, 0.2) is 30.3 Å². The van der Waals surface area contributed by atoms with Gasteiger partial charge in [-0.1, -0.05) is 18.2 Å². The lowest BCUT2D eigenvalue weighted by Crippen LogP contribution is -2.41. The zero-order valence-corrected chi connectivity index (χ0v) is 11.1. The summed E-state index contributed by atoms with van der Waals surface area (Å²) in [6, 6.07) is 8.42. The molecule has 21 heavy (non-hydrogen) atoms. The number of alkyl halides is 3. The molecule has 0 fully saturated rings. The Balaban J connectivity index is 2.64. The third-order valence-electron chi connectivity index (χ3n) is 2.54. The number of hydrogen-bond acceptors (Lipinski definition) is 3. The quantitative estimate of drug-likeness (QED) is 0.803. The zero-order valence-electron chi connectivity index (χ0n) is 11.1. The normalized spacial score (nSPS) is 11.0. The number of amides is 1. The van der Waals surface area contributed by atoms with E-state index >= 15 is 0 Å². The second kappa shape index (κ2) is 7.51. The average molecular weight is 304 g/mol. The molecule has 5 nitrogen and oxygen atoms in total. The van der Waals surface area contributed by atoms with Gasteiger partial charge in [0.1, 0.15) is 6.54 Å². The van der Waals surface area contributed by atoms with Gasteiger partial charge in [0.2, 0.25) is 5.91 Å². The Morgan fingerprint density at radius 2 is 1.81 bits per heavy atom. The van der Waals surface area contributed by atoms with Gasteiger partial charge in [0, 0.05) is 12.2 Å². The van der Waals surface area contributed by atoms with Crippen LogP contribution >= 0.6 is 0 Å². The molecule has 0 atom stereocenters. The highest BCUT2D eigenvalue weighted by Crippen LogP contribution is 2.14. The molecule has 0 aromatic heterocycles. The summed E-state index contributed by atoms with van der Waals surface area (Å²) < 4.78 is 36.1. The first-order valence-corrected chi connectivity index (χ1v) is 6.13. The molecule has 2 N–H and O–H groups in total. The Labute approximate surface area is 119 Å². The van der Waals surface area contributed by atoms with Crippen LogP contribution in [-0.4, -0.2) is 42.8 Å². The molecule has 8 heteroatoms. The van der Waals surface area contributed by atoms with Crippen molar-refractivity contribution in [2.75, 3.05) is 24.5 Å². The molecular weight excluding hydrogens is 289 g/mol. The summed E-state index contributed by atoms with van der Waals surface area (Å²) in [7, 11) is 0. The number of carboxylic acids is 1. The van der Waals surface area contributed by atoms with E-state index in [-0.39, 0.29) is 19.5 Å². The van der Waals surface area contributed by atoms with Crippen molar-refractivity contribution in [3.63, 3.8) is 0 Å². The van der Waals surface area contributed by atoms with Gasteiger partial charge in [-0.15, -0.1) is 0 Å². The van der Waals surface area contributed by atoms with Crippen molar-refractivity contribution in [2.24, 2.45) is 0 Å². The first-order chi connectivity index (χ1) is 9.78. The van der Waals surface area contributed by atoms with E-state index in [1.165, 1.54) is 4.90 Å². The van der Waals surface area contributed by atoms with Crippen LogP contribution in [0.3, 0.4) is 0 Å². The van der Waals surface area contributed by atoms with Crippen molar-refractivity contribution < 1.29 is 27.9 Å². The highest BCUT2D eigenvalue weighted by atomic mass is 19.4. The molecule has 0 bridgehead atoms. The van der Waals surface area contributed by atoms with Crippen LogP contribution in [0.4, 0.5) is 18.9 Å². The topological polar surface area (TPSA) is 69.6 Å². The van der Waals surface area contributed by atoms with Crippen LogP contribution in [-0.2, 0) is 9.59 Å². The van der Waals surface area contributed by atoms with Crippen molar-refractivity contribution in [3.8, 4) is 0 Å². The van der Waals surface area contributed by atoms with Gasteiger partial charge in [0.25, 0.3) is 0 Å². The van der Waals surface area contributed by atoms with Crippen LogP contribution in [0.1, 0.15) is 6.42 Å². The van der Waals surface area contributed by atoms with E-state index < -0.39 is 24.6 Å². The minimum atomic E-state index is -4.48. The number of aliphatic carboxylic acids is 1. The van der Waals surface area contributed by atoms with Gasteiger partial charge < -0.3 is 15.3 Å². The fourth-order valence-electron chi connectivity index (χ4n) is 1.60. The number of rotatable bonds is 7. The maximum absolute atomic E-state index is 12.0. The number of para-hydroxylation sites is 1. The van der Waals surface area contributed by atoms with Crippen molar-refractivity contribution in [1.29, 1.82) is 0 Å². The third kappa shape index (κ3) is 7.19. The lowest BCUT2D eigenvalue weighted by Gasteiger charge is -2.23. The van der Waals surface area contributed by atoms with Gasteiger partial charge in [-0.2, -0.15) is 13.2 Å². The summed E-state index contributed by atoms with van der Waals surface area (Å²) in [5, 5.41) is 10.4. The number of halogens is 3. The van der Waals surface area contributed by atoms with Gasteiger partial charge in [-0.25, -0.2) is 0 Å². The van der Waals surface area contributed by atoms with Crippen LogP contribution < -0.4 is 10.2 Å². The highest BCUT2D eigenvalue weighted by molar-refractivity contribution is 5.81. The van der Waals surface area contributed by atoms with E-state index in [0.29, 0.717) is 5.69 Å². The largest absolute Gasteiger partial charge is 0.481 e. The lowest BCUT2D eigenvalue weighted by molar-refractivity contribution is -0.137. The number of carboxylic acid groups (broad SMARTS) is 1. The molecule has 0 saturated heterocycles. The predicted octanol–water partition coefficient (Wildman–Crippen LogP) is 1.65. The van der Waals surface area contributed by atoms with Gasteiger partial charge in [-0.3, -0.25) is 9.59 Å². The van der Waals surface area contributed by atoms with Crippen LogP contribution in [0.2, 0.25) is 0 Å². The number of anilines is 1. The van der Waals surface area contributed by atoms with Crippen molar-refractivity contribution in [2.45, 2.75) is 12.6 Å². The first kappa shape index (κ1) is 16.8. The second-order valence-corrected chi connectivity index (χ2v) is 4.29. The number of hydrogen-bond donors (Lipinski definition) is 2. The second-order valence-electron chi connectivity index (χ2n) is 4.29. The Bertz CT molecular complexity index is 477. The van der Waals surface area contributed by atoms with E-state index in [1.54, 1.807) is 35.6 Å². The Hall–Kier alpha value is -2.25. The SMILES string of the molecule is O=C(O)CCN(CC(=O)NCC(F)(F)F)c1ccccc1.